The summed E-state index contributed by atoms with van der Waals surface area (Å²) in [5.74, 6) is 0.139. The lowest BCUT2D eigenvalue weighted by Crippen LogP contribution is -2.50. The van der Waals surface area contributed by atoms with Crippen LogP contribution in [-0.2, 0) is 16.6 Å². The Morgan fingerprint density at radius 3 is 3.00 bits per heavy atom. The molecule has 0 saturated carbocycles. The standard InChI is InChI=1S/C12H20N4O2/c1-15-8-14-7-10(15)12-9(13)3-4-11(17)16(12)5-6-18-2/h7-9,12H,3-6,13H2,1-2H3. The molecule has 100 valence electrons. The number of carbonyl (C=O) groups is 1. The van der Waals surface area contributed by atoms with Crippen molar-refractivity contribution < 1.29 is 9.53 Å². The largest absolute Gasteiger partial charge is 0.383 e. The van der Waals surface area contributed by atoms with Crippen LogP contribution < -0.4 is 5.73 Å². The molecule has 0 aromatic carbocycles. The Kier molecular flexibility index (Phi) is 3.98. The number of likely N-dealkylation sites (tertiary alicyclic amines) is 1. The fourth-order valence-electron chi connectivity index (χ4n) is 2.46. The van der Waals surface area contributed by atoms with Gasteiger partial charge in [-0.3, -0.25) is 4.79 Å². The van der Waals surface area contributed by atoms with Gasteiger partial charge in [0.2, 0.25) is 5.91 Å². The summed E-state index contributed by atoms with van der Waals surface area (Å²) in [7, 11) is 3.55. The third kappa shape index (κ3) is 2.39. The van der Waals surface area contributed by atoms with Gasteiger partial charge in [0.25, 0.3) is 0 Å². The third-order valence-electron chi connectivity index (χ3n) is 3.45. The fraction of sp³-hybridized carbons (Fsp3) is 0.667. The van der Waals surface area contributed by atoms with Gasteiger partial charge in [-0.05, 0) is 6.42 Å². The Bertz CT molecular complexity index is 418. The van der Waals surface area contributed by atoms with Gasteiger partial charge in [0.15, 0.2) is 0 Å². The van der Waals surface area contributed by atoms with E-state index < -0.39 is 0 Å². The van der Waals surface area contributed by atoms with Crippen molar-refractivity contribution in [3.05, 3.63) is 18.2 Å². The Labute approximate surface area is 107 Å². The number of aryl methyl sites for hydroxylation is 1. The minimum atomic E-state index is -0.103. The van der Waals surface area contributed by atoms with E-state index in [9.17, 15) is 4.79 Å². The molecule has 2 N–H and O–H groups in total. The van der Waals surface area contributed by atoms with E-state index in [1.165, 1.54) is 0 Å². The summed E-state index contributed by atoms with van der Waals surface area (Å²) in [6.45, 7) is 1.09. The minimum Gasteiger partial charge on any atom is -0.383 e. The molecule has 2 heterocycles. The van der Waals surface area contributed by atoms with Crippen LogP contribution in [0.5, 0.6) is 0 Å². The zero-order valence-electron chi connectivity index (χ0n) is 10.9. The van der Waals surface area contributed by atoms with Gasteiger partial charge in [-0.25, -0.2) is 4.98 Å². The number of methoxy groups -OCH3 is 1. The summed E-state index contributed by atoms with van der Waals surface area (Å²) >= 11 is 0. The summed E-state index contributed by atoms with van der Waals surface area (Å²) in [6.07, 6.45) is 4.75. The van der Waals surface area contributed by atoms with E-state index in [1.54, 1.807) is 19.6 Å². The number of piperidine rings is 1. The predicted octanol–water partition coefficient (Wildman–Crippen LogP) is 0.0573. The highest BCUT2D eigenvalue weighted by Crippen LogP contribution is 2.30. The monoisotopic (exact) mass is 252 g/mol. The van der Waals surface area contributed by atoms with Crippen LogP contribution in [-0.4, -0.2) is 46.7 Å². The van der Waals surface area contributed by atoms with Gasteiger partial charge in [0, 0.05) is 33.2 Å². The lowest BCUT2D eigenvalue weighted by Gasteiger charge is -2.39. The van der Waals surface area contributed by atoms with Crippen LogP contribution in [0.25, 0.3) is 0 Å². The van der Waals surface area contributed by atoms with Crippen molar-refractivity contribution in [1.29, 1.82) is 0 Å². The molecule has 6 heteroatoms. The summed E-state index contributed by atoms with van der Waals surface area (Å²) in [4.78, 5) is 18.0. The second-order valence-corrected chi connectivity index (χ2v) is 4.66. The molecule has 0 radical (unpaired) electrons. The van der Waals surface area contributed by atoms with E-state index in [4.69, 9.17) is 10.5 Å². The topological polar surface area (TPSA) is 73.4 Å². The molecule has 1 amide bonds. The van der Waals surface area contributed by atoms with Gasteiger partial charge in [-0.1, -0.05) is 0 Å². The van der Waals surface area contributed by atoms with E-state index in [0.29, 0.717) is 19.6 Å². The van der Waals surface area contributed by atoms with Gasteiger partial charge < -0.3 is 19.9 Å². The van der Waals surface area contributed by atoms with Crippen molar-refractivity contribution in [3.63, 3.8) is 0 Å². The van der Waals surface area contributed by atoms with Crippen molar-refractivity contribution in [2.45, 2.75) is 24.9 Å². The summed E-state index contributed by atoms with van der Waals surface area (Å²) < 4.78 is 6.99. The van der Waals surface area contributed by atoms with Crippen LogP contribution in [0, 0.1) is 0 Å². The smallest absolute Gasteiger partial charge is 0.223 e. The second kappa shape index (κ2) is 5.49. The maximum atomic E-state index is 12.0. The molecule has 1 saturated heterocycles. The molecule has 1 fully saturated rings. The SMILES string of the molecule is COCCN1C(=O)CCC(N)C1c1cncn1C. The predicted molar refractivity (Wildman–Crippen MR) is 66.7 cm³/mol. The average Bonchev–Trinajstić information content (AvgIpc) is 2.76. The van der Waals surface area contributed by atoms with Crippen LogP contribution in [0.2, 0.25) is 0 Å². The van der Waals surface area contributed by atoms with Gasteiger partial charge in [-0.2, -0.15) is 0 Å². The van der Waals surface area contributed by atoms with Crippen molar-refractivity contribution in [2.24, 2.45) is 12.8 Å². The molecule has 0 aliphatic carbocycles. The molecule has 2 atom stereocenters. The van der Waals surface area contributed by atoms with Crippen molar-refractivity contribution in [2.75, 3.05) is 20.3 Å². The lowest BCUT2D eigenvalue weighted by molar-refractivity contribution is -0.138. The highest BCUT2D eigenvalue weighted by atomic mass is 16.5. The average molecular weight is 252 g/mol. The molecule has 0 bridgehead atoms. The zero-order valence-corrected chi connectivity index (χ0v) is 10.9. The quantitative estimate of drug-likeness (QED) is 0.822. The molecule has 0 spiro atoms. The molecule has 1 aliphatic rings. The Morgan fingerprint density at radius 1 is 1.61 bits per heavy atom. The summed E-state index contributed by atoms with van der Waals surface area (Å²) in [6, 6.07) is -0.149. The molecule has 1 aromatic heterocycles. The fourth-order valence-corrected chi connectivity index (χ4v) is 2.46. The van der Waals surface area contributed by atoms with Crippen molar-refractivity contribution in [3.8, 4) is 0 Å². The molecule has 1 aliphatic heterocycles. The van der Waals surface area contributed by atoms with E-state index in [0.717, 1.165) is 12.1 Å². The first-order valence-corrected chi connectivity index (χ1v) is 6.15. The van der Waals surface area contributed by atoms with Gasteiger partial charge >= 0.3 is 0 Å². The first-order valence-electron chi connectivity index (χ1n) is 6.15. The number of imidazole rings is 1. The van der Waals surface area contributed by atoms with E-state index in [2.05, 4.69) is 4.98 Å². The molecular formula is C12H20N4O2. The van der Waals surface area contributed by atoms with Gasteiger partial charge in [0.05, 0.1) is 30.9 Å². The van der Waals surface area contributed by atoms with Crippen molar-refractivity contribution >= 4 is 5.91 Å². The molecule has 1 aromatic rings. The first-order chi connectivity index (χ1) is 8.65. The summed E-state index contributed by atoms with van der Waals surface area (Å²) in [5.41, 5.74) is 7.17. The molecule has 18 heavy (non-hydrogen) atoms. The number of hydrogen-bond acceptors (Lipinski definition) is 4. The third-order valence-corrected chi connectivity index (χ3v) is 3.45. The zero-order chi connectivity index (χ0) is 13.1. The van der Waals surface area contributed by atoms with Crippen LogP contribution in [0.15, 0.2) is 12.5 Å². The highest BCUT2D eigenvalue weighted by Gasteiger charge is 2.36. The summed E-state index contributed by atoms with van der Waals surface area (Å²) in [5, 5.41) is 0. The number of carbonyl (C=O) groups excluding carboxylic acids is 1. The number of nitrogens with zero attached hydrogens (tertiary/aromatic N) is 3. The Hall–Kier alpha value is -1.40. The molecule has 2 rings (SSSR count). The Balaban J connectivity index is 2.26. The van der Waals surface area contributed by atoms with Crippen LogP contribution in [0.4, 0.5) is 0 Å². The van der Waals surface area contributed by atoms with E-state index in [-0.39, 0.29) is 18.0 Å². The highest BCUT2D eigenvalue weighted by molar-refractivity contribution is 5.77. The number of hydrogen-bond donors (Lipinski definition) is 1. The van der Waals surface area contributed by atoms with E-state index in [1.807, 2.05) is 16.5 Å². The van der Waals surface area contributed by atoms with Gasteiger partial charge in [-0.15, -0.1) is 0 Å². The second-order valence-electron chi connectivity index (χ2n) is 4.66. The number of rotatable bonds is 4. The first kappa shape index (κ1) is 13.0. The molecule has 6 nitrogen and oxygen atoms in total. The van der Waals surface area contributed by atoms with Crippen LogP contribution in [0.1, 0.15) is 24.6 Å². The van der Waals surface area contributed by atoms with Crippen LogP contribution >= 0.6 is 0 Å². The number of ether oxygens (including phenoxy) is 1. The van der Waals surface area contributed by atoms with Crippen LogP contribution in [0.3, 0.4) is 0 Å². The lowest BCUT2D eigenvalue weighted by atomic mass is 9.94. The number of aromatic nitrogens is 2. The maximum absolute atomic E-state index is 12.0. The number of amides is 1. The normalized spacial score (nSPS) is 24.6. The minimum absolute atomic E-state index is 0.0463. The van der Waals surface area contributed by atoms with Gasteiger partial charge in [0.1, 0.15) is 0 Å². The molecule has 2 unspecified atom stereocenters. The maximum Gasteiger partial charge on any atom is 0.223 e. The van der Waals surface area contributed by atoms with Crippen molar-refractivity contribution in [1.82, 2.24) is 14.5 Å². The Morgan fingerprint density at radius 2 is 2.39 bits per heavy atom. The number of nitrogens with two attached hydrogens (primary N) is 1. The molecular weight excluding hydrogens is 232 g/mol. The van der Waals surface area contributed by atoms with E-state index >= 15 is 0 Å².